The molecular formula is C16H26N2O3. The molecule has 0 atom stereocenters. The summed E-state index contributed by atoms with van der Waals surface area (Å²) in [6, 6.07) is 8.10. The zero-order chi connectivity index (χ0) is 15.3. The maximum Gasteiger partial charge on any atom is 0.233 e. The molecule has 0 aliphatic heterocycles. The van der Waals surface area contributed by atoms with E-state index in [9.17, 15) is 4.79 Å². The van der Waals surface area contributed by atoms with Crippen molar-refractivity contribution in [3.8, 4) is 0 Å². The van der Waals surface area contributed by atoms with E-state index >= 15 is 0 Å². The SMILES string of the molecule is CCOCc1ccccc1CNCC(=O)NCCCOC. The van der Waals surface area contributed by atoms with Crippen LogP contribution in [0.1, 0.15) is 24.5 Å². The minimum Gasteiger partial charge on any atom is -0.385 e. The maximum absolute atomic E-state index is 11.6. The van der Waals surface area contributed by atoms with Gasteiger partial charge in [-0.25, -0.2) is 0 Å². The van der Waals surface area contributed by atoms with Crippen LogP contribution < -0.4 is 10.6 Å². The molecular weight excluding hydrogens is 268 g/mol. The molecule has 0 saturated carbocycles. The highest BCUT2D eigenvalue weighted by molar-refractivity contribution is 5.77. The summed E-state index contributed by atoms with van der Waals surface area (Å²) in [5.74, 6) is 0.00777. The van der Waals surface area contributed by atoms with Crippen LogP contribution in [0.5, 0.6) is 0 Å². The summed E-state index contributed by atoms with van der Waals surface area (Å²) in [6.07, 6.45) is 0.833. The Labute approximate surface area is 127 Å². The van der Waals surface area contributed by atoms with Crippen molar-refractivity contribution in [2.24, 2.45) is 0 Å². The third-order valence-electron chi connectivity index (χ3n) is 3.03. The van der Waals surface area contributed by atoms with Gasteiger partial charge >= 0.3 is 0 Å². The van der Waals surface area contributed by atoms with Crippen molar-refractivity contribution in [2.75, 3.05) is 33.4 Å². The number of hydrogen-bond donors (Lipinski definition) is 2. The number of benzene rings is 1. The van der Waals surface area contributed by atoms with E-state index in [1.807, 2.05) is 19.1 Å². The molecule has 2 N–H and O–H groups in total. The first-order chi connectivity index (χ1) is 10.3. The summed E-state index contributed by atoms with van der Waals surface area (Å²) in [4.78, 5) is 11.6. The number of hydrogen-bond acceptors (Lipinski definition) is 4. The molecule has 118 valence electrons. The number of amides is 1. The van der Waals surface area contributed by atoms with E-state index in [4.69, 9.17) is 9.47 Å². The van der Waals surface area contributed by atoms with Gasteiger partial charge in [0.05, 0.1) is 13.2 Å². The molecule has 5 heteroatoms. The molecule has 0 aromatic heterocycles. The standard InChI is InChI=1S/C16H26N2O3/c1-3-21-13-15-8-5-4-7-14(15)11-17-12-16(19)18-9-6-10-20-2/h4-5,7-8,17H,3,6,9-13H2,1-2H3,(H,18,19). The van der Waals surface area contributed by atoms with Crippen molar-refractivity contribution >= 4 is 5.91 Å². The minimum atomic E-state index is 0.00777. The van der Waals surface area contributed by atoms with E-state index < -0.39 is 0 Å². The maximum atomic E-state index is 11.6. The van der Waals surface area contributed by atoms with Gasteiger partial charge in [0.2, 0.25) is 5.91 Å². The Kier molecular flexibility index (Phi) is 9.44. The topological polar surface area (TPSA) is 59.6 Å². The van der Waals surface area contributed by atoms with Crippen LogP contribution in [0.15, 0.2) is 24.3 Å². The van der Waals surface area contributed by atoms with Crippen LogP contribution in [-0.2, 0) is 27.4 Å². The first-order valence-electron chi connectivity index (χ1n) is 7.38. The zero-order valence-electron chi connectivity index (χ0n) is 13.0. The van der Waals surface area contributed by atoms with E-state index in [0.29, 0.717) is 39.5 Å². The number of methoxy groups -OCH3 is 1. The smallest absolute Gasteiger partial charge is 0.233 e. The van der Waals surface area contributed by atoms with Crippen LogP contribution in [-0.4, -0.2) is 39.3 Å². The molecule has 0 aliphatic rings. The third kappa shape index (κ3) is 7.80. The van der Waals surface area contributed by atoms with Gasteiger partial charge in [-0.05, 0) is 24.5 Å². The molecule has 0 saturated heterocycles. The van der Waals surface area contributed by atoms with Crippen molar-refractivity contribution in [1.29, 1.82) is 0 Å². The fraction of sp³-hybridized carbons (Fsp3) is 0.562. The quantitative estimate of drug-likeness (QED) is 0.607. The lowest BCUT2D eigenvalue weighted by atomic mass is 10.1. The van der Waals surface area contributed by atoms with Gasteiger partial charge in [0.1, 0.15) is 0 Å². The Morgan fingerprint density at radius 3 is 2.71 bits per heavy atom. The van der Waals surface area contributed by atoms with E-state index in [2.05, 4.69) is 22.8 Å². The van der Waals surface area contributed by atoms with Crippen molar-refractivity contribution in [3.63, 3.8) is 0 Å². The molecule has 1 aromatic carbocycles. The second-order valence-electron chi connectivity index (χ2n) is 4.71. The lowest BCUT2D eigenvalue weighted by Gasteiger charge is -2.11. The van der Waals surface area contributed by atoms with E-state index in [1.54, 1.807) is 7.11 Å². The molecule has 0 bridgehead atoms. The molecule has 1 amide bonds. The fourth-order valence-corrected chi connectivity index (χ4v) is 1.90. The lowest BCUT2D eigenvalue weighted by molar-refractivity contribution is -0.120. The van der Waals surface area contributed by atoms with Crippen molar-refractivity contribution in [3.05, 3.63) is 35.4 Å². The van der Waals surface area contributed by atoms with E-state index in [0.717, 1.165) is 17.5 Å². The fourth-order valence-electron chi connectivity index (χ4n) is 1.90. The van der Waals surface area contributed by atoms with Gasteiger partial charge in [-0.15, -0.1) is 0 Å². The van der Waals surface area contributed by atoms with Gasteiger partial charge in [0.15, 0.2) is 0 Å². The molecule has 0 heterocycles. The lowest BCUT2D eigenvalue weighted by Crippen LogP contribution is -2.34. The van der Waals surface area contributed by atoms with Gasteiger partial charge in [-0.2, -0.15) is 0 Å². The Bertz CT molecular complexity index is 410. The zero-order valence-corrected chi connectivity index (χ0v) is 13.0. The van der Waals surface area contributed by atoms with Crippen LogP contribution in [0, 0.1) is 0 Å². The highest BCUT2D eigenvalue weighted by atomic mass is 16.5. The largest absolute Gasteiger partial charge is 0.385 e. The Balaban J connectivity index is 2.27. The Morgan fingerprint density at radius 1 is 1.24 bits per heavy atom. The van der Waals surface area contributed by atoms with Gasteiger partial charge in [-0.1, -0.05) is 24.3 Å². The van der Waals surface area contributed by atoms with E-state index in [-0.39, 0.29) is 5.91 Å². The number of nitrogens with one attached hydrogen (secondary N) is 2. The molecule has 0 unspecified atom stereocenters. The minimum absolute atomic E-state index is 0.00777. The summed E-state index contributed by atoms with van der Waals surface area (Å²) in [5.41, 5.74) is 2.32. The second kappa shape index (κ2) is 11.3. The van der Waals surface area contributed by atoms with Crippen LogP contribution in [0.2, 0.25) is 0 Å². The van der Waals surface area contributed by atoms with Crippen molar-refractivity contribution in [1.82, 2.24) is 10.6 Å². The Hall–Kier alpha value is -1.43. The van der Waals surface area contributed by atoms with Crippen molar-refractivity contribution < 1.29 is 14.3 Å². The number of carbonyl (C=O) groups excluding carboxylic acids is 1. The normalized spacial score (nSPS) is 10.6. The average Bonchev–Trinajstić information content (AvgIpc) is 2.50. The first kappa shape index (κ1) is 17.6. The van der Waals surface area contributed by atoms with Crippen LogP contribution >= 0.6 is 0 Å². The molecule has 0 radical (unpaired) electrons. The predicted octanol–water partition coefficient (Wildman–Crippen LogP) is 1.47. The van der Waals surface area contributed by atoms with Crippen LogP contribution in [0.4, 0.5) is 0 Å². The number of rotatable bonds is 11. The van der Waals surface area contributed by atoms with E-state index in [1.165, 1.54) is 0 Å². The second-order valence-corrected chi connectivity index (χ2v) is 4.71. The Morgan fingerprint density at radius 2 is 2.00 bits per heavy atom. The van der Waals surface area contributed by atoms with Gasteiger partial charge < -0.3 is 20.1 Å². The summed E-state index contributed by atoms with van der Waals surface area (Å²) in [6.45, 7) is 5.58. The monoisotopic (exact) mass is 294 g/mol. The van der Waals surface area contributed by atoms with Gasteiger partial charge in [0, 0.05) is 33.4 Å². The molecule has 21 heavy (non-hydrogen) atoms. The average molecular weight is 294 g/mol. The molecule has 0 aliphatic carbocycles. The molecule has 0 fully saturated rings. The summed E-state index contributed by atoms with van der Waals surface area (Å²) >= 11 is 0. The molecule has 0 spiro atoms. The van der Waals surface area contributed by atoms with Crippen LogP contribution in [0.25, 0.3) is 0 Å². The molecule has 1 aromatic rings. The predicted molar refractivity (Wildman–Crippen MR) is 83.0 cm³/mol. The van der Waals surface area contributed by atoms with Crippen LogP contribution in [0.3, 0.4) is 0 Å². The molecule has 5 nitrogen and oxygen atoms in total. The highest BCUT2D eigenvalue weighted by Gasteiger charge is 2.03. The number of ether oxygens (including phenoxy) is 2. The van der Waals surface area contributed by atoms with Gasteiger partial charge in [0.25, 0.3) is 0 Å². The van der Waals surface area contributed by atoms with Crippen molar-refractivity contribution in [2.45, 2.75) is 26.5 Å². The first-order valence-corrected chi connectivity index (χ1v) is 7.38. The highest BCUT2D eigenvalue weighted by Crippen LogP contribution is 2.09. The molecule has 1 rings (SSSR count). The third-order valence-corrected chi connectivity index (χ3v) is 3.03. The summed E-state index contributed by atoms with van der Waals surface area (Å²) in [7, 11) is 1.66. The van der Waals surface area contributed by atoms with Gasteiger partial charge in [-0.3, -0.25) is 4.79 Å². The number of carbonyl (C=O) groups is 1. The summed E-state index contributed by atoms with van der Waals surface area (Å²) < 4.78 is 10.4. The summed E-state index contributed by atoms with van der Waals surface area (Å²) in [5, 5.41) is 6.01.